The fourth-order valence-electron chi connectivity index (χ4n) is 1.53. The van der Waals surface area contributed by atoms with Crippen molar-refractivity contribution in [3.8, 4) is 0 Å². The molecule has 0 radical (unpaired) electrons. The molecule has 3 nitrogen and oxygen atoms in total. The van der Waals surface area contributed by atoms with Crippen LogP contribution in [0.3, 0.4) is 0 Å². The van der Waals surface area contributed by atoms with Crippen molar-refractivity contribution in [1.29, 1.82) is 0 Å². The highest BCUT2D eigenvalue weighted by molar-refractivity contribution is 14.0. The van der Waals surface area contributed by atoms with Gasteiger partial charge in [-0.05, 0) is 24.6 Å². The lowest BCUT2D eigenvalue weighted by atomic mass is 10.1. The van der Waals surface area contributed by atoms with Crippen LogP contribution in [0.5, 0.6) is 0 Å². The minimum atomic E-state index is -4.58. The zero-order valence-electron chi connectivity index (χ0n) is 11.0. The molecular weight excluding hydrogens is 389 g/mol. The Hall–Kier alpha value is -1.06. The standard InChI is InChI=1S/C12H15F4N3.HI/c1-3-18-11(17-2)19-7-8-4-5-9(13)6-10(8)12(14,15)16;/h4-6H,3,7H2,1-2H3,(H2,17,18,19);1H. The fourth-order valence-corrected chi connectivity index (χ4v) is 1.53. The number of nitrogens with one attached hydrogen (secondary N) is 2. The topological polar surface area (TPSA) is 36.4 Å². The first-order valence-electron chi connectivity index (χ1n) is 5.68. The number of benzene rings is 1. The predicted molar refractivity (Wildman–Crippen MR) is 80.7 cm³/mol. The molecule has 0 spiro atoms. The average Bonchev–Trinajstić information content (AvgIpc) is 2.34. The largest absolute Gasteiger partial charge is 0.416 e. The van der Waals surface area contributed by atoms with Crippen molar-refractivity contribution in [2.24, 2.45) is 4.99 Å². The van der Waals surface area contributed by atoms with Crippen LogP contribution in [0.25, 0.3) is 0 Å². The van der Waals surface area contributed by atoms with Gasteiger partial charge in [0.1, 0.15) is 5.82 Å². The molecule has 0 aromatic heterocycles. The summed E-state index contributed by atoms with van der Waals surface area (Å²) in [6.07, 6.45) is -4.58. The van der Waals surface area contributed by atoms with Crippen molar-refractivity contribution in [2.45, 2.75) is 19.6 Å². The molecule has 1 aromatic carbocycles. The minimum absolute atomic E-state index is 0. The maximum atomic E-state index is 12.9. The molecule has 0 saturated heterocycles. The third-order valence-corrected chi connectivity index (χ3v) is 2.39. The van der Waals surface area contributed by atoms with Gasteiger partial charge in [0.2, 0.25) is 0 Å². The van der Waals surface area contributed by atoms with Crippen molar-refractivity contribution in [3.05, 3.63) is 35.1 Å². The first-order valence-corrected chi connectivity index (χ1v) is 5.68. The molecule has 1 rings (SSSR count). The third-order valence-electron chi connectivity index (χ3n) is 2.39. The molecule has 114 valence electrons. The van der Waals surface area contributed by atoms with Crippen LogP contribution in [0.15, 0.2) is 23.2 Å². The molecule has 8 heteroatoms. The molecule has 20 heavy (non-hydrogen) atoms. The van der Waals surface area contributed by atoms with Crippen LogP contribution in [0.1, 0.15) is 18.1 Å². The van der Waals surface area contributed by atoms with E-state index in [1.165, 1.54) is 7.05 Å². The summed E-state index contributed by atoms with van der Waals surface area (Å²) < 4.78 is 51.1. The van der Waals surface area contributed by atoms with E-state index in [1.54, 1.807) is 0 Å². The van der Waals surface area contributed by atoms with E-state index in [1.807, 2.05) is 6.92 Å². The fraction of sp³-hybridized carbons (Fsp3) is 0.417. The number of hydrogen-bond donors (Lipinski definition) is 2. The van der Waals surface area contributed by atoms with E-state index in [0.29, 0.717) is 18.6 Å². The van der Waals surface area contributed by atoms with Crippen LogP contribution in [0.2, 0.25) is 0 Å². The number of hydrogen-bond acceptors (Lipinski definition) is 1. The summed E-state index contributed by atoms with van der Waals surface area (Å²) in [4.78, 5) is 3.84. The normalized spacial score (nSPS) is 11.8. The highest BCUT2D eigenvalue weighted by Crippen LogP contribution is 2.32. The molecular formula is C12H16F4IN3. The Morgan fingerprint density at radius 2 is 1.90 bits per heavy atom. The predicted octanol–water partition coefficient (Wildman–Crippen LogP) is 3.15. The van der Waals surface area contributed by atoms with Gasteiger partial charge in [-0.1, -0.05) is 6.07 Å². The van der Waals surface area contributed by atoms with E-state index in [9.17, 15) is 17.6 Å². The van der Waals surface area contributed by atoms with Gasteiger partial charge in [-0.2, -0.15) is 13.2 Å². The Morgan fingerprint density at radius 3 is 2.40 bits per heavy atom. The van der Waals surface area contributed by atoms with Gasteiger partial charge in [-0.3, -0.25) is 4.99 Å². The van der Waals surface area contributed by atoms with Gasteiger partial charge in [-0.25, -0.2) is 4.39 Å². The molecule has 0 aliphatic carbocycles. The van der Waals surface area contributed by atoms with Gasteiger partial charge in [0.15, 0.2) is 5.96 Å². The van der Waals surface area contributed by atoms with Gasteiger partial charge in [0.05, 0.1) is 5.56 Å². The Labute approximate surface area is 131 Å². The second-order valence-electron chi connectivity index (χ2n) is 3.76. The molecule has 0 heterocycles. The number of halogens is 5. The van der Waals surface area contributed by atoms with Crippen LogP contribution in [-0.4, -0.2) is 19.6 Å². The zero-order valence-corrected chi connectivity index (χ0v) is 13.3. The van der Waals surface area contributed by atoms with Crippen molar-refractivity contribution in [2.75, 3.05) is 13.6 Å². The number of aliphatic imine (C=N–C) groups is 1. The Bertz CT molecular complexity index is 461. The molecule has 1 aromatic rings. The molecule has 0 fully saturated rings. The van der Waals surface area contributed by atoms with Crippen molar-refractivity contribution < 1.29 is 17.6 Å². The zero-order chi connectivity index (χ0) is 14.5. The van der Waals surface area contributed by atoms with Gasteiger partial charge >= 0.3 is 6.18 Å². The van der Waals surface area contributed by atoms with Crippen LogP contribution >= 0.6 is 24.0 Å². The van der Waals surface area contributed by atoms with Crippen LogP contribution < -0.4 is 10.6 Å². The van der Waals surface area contributed by atoms with E-state index < -0.39 is 17.6 Å². The summed E-state index contributed by atoms with van der Waals surface area (Å²) in [7, 11) is 1.51. The molecule has 0 bridgehead atoms. The van der Waals surface area contributed by atoms with Crippen molar-refractivity contribution in [1.82, 2.24) is 10.6 Å². The molecule has 2 N–H and O–H groups in total. The van der Waals surface area contributed by atoms with E-state index >= 15 is 0 Å². The highest BCUT2D eigenvalue weighted by atomic mass is 127. The first kappa shape index (κ1) is 18.9. The van der Waals surface area contributed by atoms with E-state index in [2.05, 4.69) is 15.6 Å². The summed E-state index contributed by atoms with van der Waals surface area (Å²) >= 11 is 0. The Morgan fingerprint density at radius 1 is 1.25 bits per heavy atom. The summed E-state index contributed by atoms with van der Waals surface area (Å²) in [5.41, 5.74) is -1.01. The number of guanidine groups is 1. The maximum absolute atomic E-state index is 12.9. The monoisotopic (exact) mass is 405 g/mol. The second-order valence-corrected chi connectivity index (χ2v) is 3.76. The van der Waals surface area contributed by atoms with Gasteiger partial charge in [0, 0.05) is 20.1 Å². The smallest absolute Gasteiger partial charge is 0.357 e. The lowest BCUT2D eigenvalue weighted by Crippen LogP contribution is -2.36. The first-order chi connectivity index (χ1) is 8.88. The van der Waals surface area contributed by atoms with Crippen LogP contribution in [0, 0.1) is 5.82 Å². The molecule has 0 saturated carbocycles. The van der Waals surface area contributed by atoms with E-state index in [4.69, 9.17) is 0 Å². The summed E-state index contributed by atoms with van der Waals surface area (Å²) in [6, 6.07) is 2.61. The molecule has 0 aliphatic heterocycles. The van der Waals surface area contributed by atoms with Crippen molar-refractivity contribution in [3.63, 3.8) is 0 Å². The number of rotatable bonds is 3. The van der Waals surface area contributed by atoms with E-state index in [0.717, 1.165) is 12.1 Å². The van der Waals surface area contributed by atoms with Crippen LogP contribution in [-0.2, 0) is 12.7 Å². The Balaban J connectivity index is 0.00000361. The molecule has 0 amide bonds. The van der Waals surface area contributed by atoms with Gasteiger partial charge < -0.3 is 10.6 Å². The minimum Gasteiger partial charge on any atom is -0.357 e. The van der Waals surface area contributed by atoms with Gasteiger partial charge in [-0.15, -0.1) is 24.0 Å². The van der Waals surface area contributed by atoms with E-state index in [-0.39, 0.29) is 36.1 Å². The summed E-state index contributed by atoms with van der Waals surface area (Å²) in [5, 5.41) is 5.59. The van der Waals surface area contributed by atoms with Crippen molar-refractivity contribution >= 4 is 29.9 Å². The maximum Gasteiger partial charge on any atom is 0.416 e. The number of alkyl halides is 3. The Kier molecular flexibility index (Phi) is 7.84. The number of nitrogens with zero attached hydrogens (tertiary/aromatic N) is 1. The summed E-state index contributed by atoms with van der Waals surface area (Å²) in [5.74, 6) is -0.521. The molecule has 0 aliphatic rings. The summed E-state index contributed by atoms with van der Waals surface area (Å²) in [6.45, 7) is 2.34. The van der Waals surface area contributed by atoms with Crippen LogP contribution in [0.4, 0.5) is 17.6 Å². The average molecular weight is 405 g/mol. The molecule has 0 atom stereocenters. The molecule has 0 unspecified atom stereocenters. The SMILES string of the molecule is CCNC(=NC)NCc1ccc(F)cc1C(F)(F)F.I. The van der Waals surface area contributed by atoms with Gasteiger partial charge in [0.25, 0.3) is 0 Å². The third kappa shape index (κ3) is 5.51. The lowest BCUT2D eigenvalue weighted by Gasteiger charge is -2.15. The highest BCUT2D eigenvalue weighted by Gasteiger charge is 2.33. The lowest BCUT2D eigenvalue weighted by molar-refractivity contribution is -0.138. The second kappa shape index (κ2) is 8.28. The quantitative estimate of drug-likeness (QED) is 0.351.